The van der Waals surface area contributed by atoms with Crippen LogP contribution in [-0.4, -0.2) is 33.6 Å². The van der Waals surface area contributed by atoms with Crippen molar-refractivity contribution in [1.82, 2.24) is 14.5 Å². The van der Waals surface area contributed by atoms with Crippen molar-refractivity contribution in [2.75, 3.05) is 13.1 Å². The highest BCUT2D eigenvalue weighted by Gasteiger charge is 2.22. The van der Waals surface area contributed by atoms with Crippen LogP contribution in [0.25, 0.3) is 5.69 Å². The summed E-state index contributed by atoms with van der Waals surface area (Å²) in [6, 6.07) is 10.9. The third-order valence-corrected chi connectivity index (χ3v) is 4.12. The average Bonchev–Trinajstić information content (AvgIpc) is 2.97. The van der Waals surface area contributed by atoms with E-state index in [1.54, 1.807) is 0 Å². The molecule has 0 bridgehead atoms. The van der Waals surface area contributed by atoms with Crippen molar-refractivity contribution in [1.29, 1.82) is 0 Å². The Morgan fingerprint density at radius 1 is 1.19 bits per heavy atom. The highest BCUT2D eigenvalue weighted by atomic mass is 35.5. The molecule has 0 aliphatic carbocycles. The standard InChI is InChI=1S/C16H22N4.ClH/c17-12-15-8-4-5-10-19(15)13-16-18-9-11-20(16)14-6-2-1-3-7-14;/h1-3,6-7,9,11,15H,4-5,8,10,12-13,17H2;1H. The van der Waals surface area contributed by atoms with Crippen LogP contribution in [0.1, 0.15) is 25.1 Å². The first kappa shape index (κ1) is 16.0. The smallest absolute Gasteiger partial charge is 0.127 e. The number of nitrogens with zero attached hydrogens (tertiary/aromatic N) is 3. The molecule has 0 radical (unpaired) electrons. The summed E-state index contributed by atoms with van der Waals surface area (Å²) in [7, 11) is 0. The largest absolute Gasteiger partial charge is 0.329 e. The predicted molar refractivity (Wildman–Crippen MR) is 87.9 cm³/mol. The lowest BCUT2D eigenvalue weighted by atomic mass is 10.0. The molecule has 1 saturated heterocycles. The molecule has 1 fully saturated rings. The molecule has 1 aliphatic heterocycles. The van der Waals surface area contributed by atoms with E-state index >= 15 is 0 Å². The van der Waals surface area contributed by atoms with E-state index in [1.165, 1.54) is 24.9 Å². The number of hydrogen-bond donors (Lipinski definition) is 1. The zero-order chi connectivity index (χ0) is 13.8. The second kappa shape index (κ2) is 7.59. The van der Waals surface area contributed by atoms with Gasteiger partial charge in [0.15, 0.2) is 0 Å². The first-order valence-electron chi connectivity index (χ1n) is 7.40. The van der Waals surface area contributed by atoms with Crippen molar-refractivity contribution in [3.63, 3.8) is 0 Å². The summed E-state index contributed by atoms with van der Waals surface area (Å²) in [4.78, 5) is 7.01. The lowest BCUT2D eigenvalue weighted by molar-refractivity contribution is 0.140. The Labute approximate surface area is 132 Å². The van der Waals surface area contributed by atoms with Crippen molar-refractivity contribution >= 4 is 12.4 Å². The van der Waals surface area contributed by atoms with E-state index in [4.69, 9.17) is 5.73 Å². The Balaban J connectivity index is 0.00000161. The minimum Gasteiger partial charge on any atom is -0.329 e. The van der Waals surface area contributed by atoms with E-state index in [0.29, 0.717) is 6.04 Å². The summed E-state index contributed by atoms with van der Waals surface area (Å²) in [6.07, 6.45) is 7.69. The van der Waals surface area contributed by atoms with Crippen molar-refractivity contribution in [3.05, 3.63) is 48.5 Å². The lowest BCUT2D eigenvalue weighted by Gasteiger charge is -2.34. The number of hydrogen-bond acceptors (Lipinski definition) is 3. The minimum atomic E-state index is 0. The van der Waals surface area contributed by atoms with Gasteiger partial charge in [0.25, 0.3) is 0 Å². The molecular weight excluding hydrogens is 284 g/mol. The molecule has 0 spiro atoms. The quantitative estimate of drug-likeness (QED) is 0.944. The molecule has 1 aliphatic rings. The van der Waals surface area contributed by atoms with E-state index in [2.05, 4.69) is 38.7 Å². The molecule has 1 atom stereocenters. The van der Waals surface area contributed by atoms with Crippen LogP contribution in [-0.2, 0) is 6.54 Å². The monoisotopic (exact) mass is 306 g/mol. The van der Waals surface area contributed by atoms with Crippen LogP contribution in [0, 0.1) is 0 Å². The number of imidazole rings is 1. The van der Waals surface area contributed by atoms with Crippen LogP contribution in [0.4, 0.5) is 0 Å². The number of likely N-dealkylation sites (tertiary alicyclic amines) is 1. The molecule has 2 heterocycles. The van der Waals surface area contributed by atoms with E-state index in [1.807, 2.05) is 18.5 Å². The number of para-hydroxylation sites is 1. The molecule has 21 heavy (non-hydrogen) atoms. The van der Waals surface area contributed by atoms with Gasteiger partial charge >= 0.3 is 0 Å². The van der Waals surface area contributed by atoms with Gasteiger partial charge in [-0.05, 0) is 31.5 Å². The first-order chi connectivity index (χ1) is 9.88. The van der Waals surface area contributed by atoms with Gasteiger partial charge in [-0.2, -0.15) is 0 Å². The number of benzene rings is 1. The molecule has 0 amide bonds. The zero-order valence-electron chi connectivity index (χ0n) is 12.2. The summed E-state index contributed by atoms with van der Waals surface area (Å²) in [5.74, 6) is 1.09. The van der Waals surface area contributed by atoms with Crippen LogP contribution in [0.3, 0.4) is 0 Å². The Morgan fingerprint density at radius 3 is 2.76 bits per heavy atom. The molecule has 2 aromatic rings. The van der Waals surface area contributed by atoms with Crippen molar-refractivity contribution in [2.45, 2.75) is 31.8 Å². The molecule has 0 saturated carbocycles. The van der Waals surface area contributed by atoms with E-state index in [0.717, 1.165) is 25.5 Å². The summed E-state index contributed by atoms with van der Waals surface area (Å²) < 4.78 is 2.17. The normalized spacial score (nSPS) is 19.2. The van der Waals surface area contributed by atoms with Gasteiger partial charge in [-0.15, -0.1) is 12.4 Å². The van der Waals surface area contributed by atoms with Crippen molar-refractivity contribution in [3.8, 4) is 5.69 Å². The molecule has 4 nitrogen and oxygen atoms in total. The molecule has 3 rings (SSSR count). The number of piperidine rings is 1. The fourth-order valence-corrected chi connectivity index (χ4v) is 2.99. The Kier molecular flexibility index (Phi) is 5.79. The maximum Gasteiger partial charge on any atom is 0.127 e. The Morgan fingerprint density at radius 2 is 2.00 bits per heavy atom. The molecule has 1 unspecified atom stereocenters. The second-order valence-corrected chi connectivity index (χ2v) is 5.40. The number of halogens is 1. The zero-order valence-corrected chi connectivity index (χ0v) is 13.0. The highest BCUT2D eigenvalue weighted by molar-refractivity contribution is 5.85. The van der Waals surface area contributed by atoms with Crippen LogP contribution >= 0.6 is 12.4 Å². The Bertz CT molecular complexity index is 540. The van der Waals surface area contributed by atoms with Gasteiger partial charge in [0.05, 0.1) is 6.54 Å². The molecule has 2 N–H and O–H groups in total. The molecule has 5 heteroatoms. The fourth-order valence-electron chi connectivity index (χ4n) is 2.99. The predicted octanol–water partition coefficient (Wildman–Crippen LogP) is 2.61. The van der Waals surface area contributed by atoms with E-state index in [9.17, 15) is 0 Å². The Hall–Kier alpha value is -1.36. The fraction of sp³-hybridized carbons (Fsp3) is 0.438. The van der Waals surface area contributed by atoms with Gasteiger partial charge < -0.3 is 10.3 Å². The maximum absolute atomic E-state index is 5.90. The highest BCUT2D eigenvalue weighted by Crippen LogP contribution is 2.19. The molecular formula is C16H23ClN4. The van der Waals surface area contributed by atoms with Gasteiger partial charge in [0.2, 0.25) is 0 Å². The SMILES string of the molecule is Cl.NCC1CCCCN1Cc1nccn1-c1ccccc1. The average molecular weight is 307 g/mol. The number of rotatable bonds is 4. The summed E-state index contributed by atoms with van der Waals surface area (Å²) in [5, 5.41) is 0. The van der Waals surface area contributed by atoms with Crippen LogP contribution in [0.15, 0.2) is 42.7 Å². The van der Waals surface area contributed by atoms with Crippen molar-refractivity contribution in [2.24, 2.45) is 5.73 Å². The van der Waals surface area contributed by atoms with Gasteiger partial charge in [0.1, 0.15) is 5.82 Å². The van der Waals surface area contributed by atoms with Crippen LogP contribution in [0.5, 0.6) is 0 Å². The van der Waals surface area contributed by atoms with E-state index in [-0.39, 0.29) is 12.4 Å². The third kappa shape index (κ3) is 3.64. The minimum absolute atomic E-state index is 0. The number of aromatic nitrogens is 2. The number of nitrogens with two attached hydrogens (primary N) is 1. The molecule has 114 valence electrons. The first-order valence-corrected chi connectivity index (χ1v) is 7.40. The summed E-state index contributed by atoms with van der Waals surface area (Å²) in [6.45, 7) is 2.75. The van der Waals surface area contributed by atoms with Gasteiger partial charge in [-0.25, -0.2) is 4.98 Å². The van der Waals surface area contributed by atoms with Crippen LogP contribution in [0.2, 0.25) is 0 Å². The summed E-state index contributed by atoms with van der Waals surface area (Å²) >= 11 is 0. The molecule has 1 aromatic heterocycles. The van der Waals surface area contributed by atoms with Crippen molar-refractivity contribution < 1.29 is 0 Å². The van der Waals surface area contributed by atoms with Gasteiger partial charge in [-0.1, -0.05) is 24.6 Å². The van der Waals surface area contributed by atoms with E-state index < -0.39 is 0 Å². The van der Waals surface area contributed by atoms with Gasteiger partial charge in [0, 0.05) is 30.7 Å². The summed E-state index contributed by atoms with van der Waals surface area (Å²) in [5.41, 5.74) is 7.07. The lowest BCUT2D eigenvalue weighted by Crippen LogP contribution is -2.43. The second-order valence-electron chi connectivity index (χ2n) is 5.40. The third-order valence-electron chi connectivity index (χ3n) is 4.12. The maximum atomic E-state index is 5.90. The van der Waals surface area contributed by atoms with Crippen LogP contribution < -0.4 is 5.73 Å². The van der Waals surface area contributed by atoms with Gasteiger partial charge in [-0.3, -0.25) is 4.90 Å². The molecule has 1 aromatic carbocycles. The topological polar surface area (TPSA) is 47.1 Å².